The number of carboxylic acid groups (broad SMARTS) is 1. The number of amides is 2. The molecule has 232 valence electrons. The molecule has 43 heavy (non-hydrogen) atoms. The van der Waals surface area contributed by atoms with Crippen LogP contribution in [0.15, 0.2) is 21.7 Å². The number of nitrogens with one attached hydrogen (secondary N) is 3. The number of thiazole rings is 1. The van der Waals surface area contributed by atoms with Gasteiger partial charge in [0.05, 0.1) is 19.3 Å². The zero-order valence-corrected chi connectivity index (χ0v) is 23.9. The minimum atomic E-state index is -5.01. The predicted molar refractivity (Wildman–Crippen MR) is 148 cm³/mol. The summed E-state index contributed by atoms with van der Waals surface area (Å²) < 4.78 is 33.7. The first kappa shape index (κ1) is 30.1. The molecule has 4 heterocycles. The van der Waals surface area contributed by atoms with Crippen molar-refractivity contribution in [3.05, 3.63) is 23.0 Å². The number of aliphatic carboxylic acids is 1. The summed E-state index contributed by atoms with van der Waals surface area (Å²) in [6, 6.07) is -2.66. The highest BCUT2D eigenvalue weighted by atomic mass is 32.2. The van der Waals surface area contributed by atoms with Crippen LogP contribution in [-0.4, -0.2) is 109 Å². The quantitative estimate of drug-likeness (QED) is 0.0391. The fraction of sp³-hybridized carbons (Fsp3) is 0.524. The van der Waals surface area contributed by atoms with Gasteiger partial charge in [-0.3, -0.25) is 14.1 Å². The average Bonchev–Trinajstić information content (AvgIpc) is 3.25. The third kappa shape index (κ3) is 6.65. The largest absolute Gasteiger partial charge is 0.478 e. The minimum Gasteiger partial charge on any atom is -0.478 e. The van der Waals surface area contributed by atoms with Gasteiger partial charge in [0.25, 0.3) is 11.8 Å². The first-order chi connectivity index (χ1) is 20.4. The molecule has 20 nitrogen and oxygen atoms in total. The summed E-state index contributed by atoms with van der Waals surface area (Å²) in [7, 11) is -5.01. The molecular formula is C21H28N12O8S2. The minimum absolute atomic E-state index is 0.0547. The van der Waals surface area contributed by atoms with Gasteiger partial charge in [-0.15, -0.1) is 11.3 Å². The van der Waals surface area contributed by atoms with Crippen LogP contribution in [0.4, 0.5) is 5.13 Å². The maximum absolute atomic E-state index is 13.2. The molecule has 3 aliphatic rings. The second-order valence-corrected chi connectivity index (χ2v) is 12.1. The van der Waals surface area contributed by atoms with E-state index in [-0.39, 0.29) is 53.1 Å². The third-order valence-electron chi connectivity index (χ3n) is 6.85. The number of guanidine groups is 1. The summed E-state index contributed by atoms with van der Waals surface area (Å²) in [5.74, 6) is -3.23. The topological polar surface area (TPSA) is 295 Å². The van der Waals surface area contributed by atoms with Crippen LogP contribution in [-0.2, 0) is 42.6 Å². The van der Waals surface area contributed by atoms with Crippen molar-refractivity contribution in [2.24, 2.45) is 15.9 Å². The van der Waals surface area contributed by atoms with Crippen LogP contribution >= 0.6 is 11.3 Å². The molecule has 0 radical (unpaired) electrons. The molecule has 0 spiro atoms. The second kappa shape index (κ2) is 11.7. The van der Waals surface area contributed by atoms with E-state index < -0.39 is 51.5 Å². The Labute approximate surface area is 247 Å². The van der Waals surface area contributed by atoms with E-state index in [9.17, 15) is 32.5 Å². The smallest absolute Gasteiger partial charge is 0.362 e. The molecule has 1 aliphatic carbocycles. The fourth-order valence-electron chi connectivity index (χ4n) is 4.40. The number of nitrogens with zero attached hydrogens (tertiary/aromatic N) is 7. The molecule has 2 aliphatic heterocycles. The molecule has 22 heteroatoms. The van der Waals surface area contributed by atoms with Crippen molar-refractivity contribution in [2.45, 2.75) is 56.1 Å². The summed E-state index contributed by atoms with van der Waals surface area (Å²) in [4.78, 5) is 51.9. The first-order valence-electron chi connectivity index (χ1n) is 12.8. The van der Waals surface area contributed by atoms with Crippen molar-refractivity contribution >= 4 is 56.2 Å². The van der Waals surface area contributed by atoms with Gasteiger partial charge in [0.15, 0.2) is 16.8 Å². The predicted octanol–water partition coefficient (Wildman–Crippen LogP) is -3.38. The number of oxime groups is 1. The summed E-state index contributed by atoms with van der Waals surface area (Å²) in [5, 5.41) is 31.4. The van der Waals surface area contributed by atoms with Crippen LogP contribution in [0.1, 0.15) is 30.7 Å². The van der Waals surface area contributed by atoms with E-state index in [2.05, 4.69) is 41.3 Å². The van der Waals surface area contributed by atoms with Crippen LogP contribution in [0.5, 0.6) is 0 Å². The van der Waals surface area contributed by atoms with E-state index in [0.29, 0.717) is 5.69 Å². The molecular weight excluding hydrogens is 612 g/mol. The molecule has 1 saturated carbocycles. The Morgan fingerprint density at radius 1 is 1.33 bits per heavy atom. The maximum atomic E-state index is 13.2. The number of anilines is 1. The van der Waals surface area contributed by atoms with Gasteiger partial charge in [-0.05, 0) is 13.0 Å². The van der Waals surface area contributed by atoms with Crippen LogP contribution in [0.25, 0.3) is 0 Å². The van der Waals surface area contributed by atoms with Crippen LogP contribution in [0, 0.1) is 0 Å². The van der Waals surface area contributed by atoms with Gasteiger partial charge in [-0.1, -0.05) is 5.16 Å². The van der Waals surface area contributed by atoms with E-state index in [0.717, 1.165) is 35.6 Å². The SMILES string of the molecule is NC(=NCc1cnn(C[C@@H]2[C@H](NC(=O)/C(=N\OC3(C(=O)O)CC3)c3csc(N)n3)C(=O)N2S(=O)(=O)O)n1)N[C@@H]1CCNC1. The van der Waals surface area contributed by atoms with Crippen molar-refractivity contribution in [3.63, 3.8) is 0 Å². The Morgan fingerprint density at radius 2 is 2.09 bits per heavy atom. The number of rotatable bonds is 12. The third-order valence-corrected chi connectivity index (χ3v) is 8.47. The zero-order valence-electron chi connectivity index (χ0n) is 22.3. The van der Waals surface area contributed by atoms with Crippen molar-refractivity contribution in [1.29, 1.82) is 0 Å². The van der Waals surface area contributed by atoms with Crippen LogP contribution < -0.4 is 27.4 Å². The normalized spacial score (nSPS) is 23.5. The van der Waals surface area contributed by atoms with Gasteiger partial charge in [0.1, 0.15) is 23.5 Å². The number of aromatic nitrogens is 4. The molecule has 2 aromatic rings. The Bertz CT molecular complexity index is 1580. The van der Waals surface area contributed by atoms with E-state index in [1.807, 2.05) is 0 Å². The van der Waals surface area contributed by atoms with Gasteiger partial charge >= 0.3 is 16.3 Å². The number of nitrogens with two attached hydrogens (primary N) is 2. The number of nitrogen functional groups attached to an aromatic ring is 1. The van der Waals surface area contributed by atoms with Crippen LogP contribution in [0.2, 0.25) is 0 Å². The Morgan fingerprint density at radius 3 is 2.70 bits per heavy atom. The summed E-state index contributed by atoms with van der Waals surface area (Å²) in [6.45, 7) is 1.34. The number of aliphatic imine (C=N–C) groups is 1. The number of carbonyl (C=O) groups excluding carboxylic acids is 2. The van der Waals surface area contributed by atoms with E-state index >= 15 is 0 Å². The lowest BCUT2D eigenvalue weighted by Crippen LogP contribution is -2.73. The molecule has 3 atom stereocenters. The van der Waals surface area contributed by atoms with Crippen molar-refractivity contribution in [3.8, 4) is 0 Å². The average molecular weight is 641 g/mol. The number of β-lactam (4-membered cyclic amide) rings is 1. The highest BCUT2D eigenvalue weighted by Gasteiger charge is 2.56. The Hall–Kier alpha value is -4.41. The van der Waals surface area contributed by atoms with Gasteiger partial charge in [-0.2, -0.15) is 23.4 Å². The highest BCUT2D eigenvalue weighted by Crippen LogP contribution is 2.40. The number of carbonyl (C=O) groups is 3. The van der Waals surface area contributed by atoms with Crippen molar-refractivity contribution < 1.29 is 37.3 Å². The van der Waals surface area contributed by atoms with Crippen molar-refractivity contribution in [2.75, 3.05) is 18.8 Å². The van der Waals surface area contributed by atoms with Crippen LogP contribution in [0.3, 0.4) is 0 Å². The van der Waals surface area contributed by atoms with Crippen molar-refractivity contribution in [1.82, 2.24) is 40.2 Å². The molecule has 3 fully saturated rings. The lowest BCUT2D eigenvalue weighted by atomic mass is 9.98. The van der Waals surface area contributed by atoms with Gasteiger partial charge in [-0.25, -0.2) is 19.1 Å². The summed E-state index contributed by atoms with van der Waals surface area (Å²) in [5.41, 5.74) is 9.81. The van der Waals surface area contributed by atoms with Gasteiger partial charge in [0.2, 0.25) is 5.60 Å². The summed E-state index contributed by atoms with van der Waals surface area (Å²) in [6.07, 6.45) is 2.59. The van der Waals surface area contributed by atoms with E-state index in [1.54, 1.807) is 0 Å². The standard InChI is InChI=1S/C21H28N12O8S2/c22-19(27-10-1-4-24-5-10)25-6-11-7-26-32(30-11)8-13-15(17(35)33(13)43(38,39)40)29-16(34)14(12-9-42-20(23)28-12)31-41-21(2-3-21)18(36)37/h7,9-10,13,15,24H,1-6,8H2,(H2,23,28)(H,29,34)(H,36,37)(H3,22,25,27)(H,38,39,40)/b31-14-/t10-,13-,15+/m1/s1. The van der Waals surface area contributed by atoms with Gasteiger partial charge < -0.3 is 37.4 Å². The number of hydrogen-bond donors (Lipinski definition) is 7. The molecule has 0 bridgehead atoms. The monoisotopic (exact) mass is 640 g/mol. The molecule has 2 aromatic heterocycles. The summed E-state index contributed by atoms with van der Waals surface area (Å²) >= 11 is 0.969. The molecule has 2 saturated heterocycles. The Balaban J connectivity index is 1.30. The van der Waals surface area contributed by atoms with Gasteiger partial charge in [0, 0.05) is 30.8 Å². The number of hydrogen-bond acceptors (Lipinski definition) is 14. The molecule has 2 amide bonds. The van der Waals surface area contributed by atoms with E-state index in [1.165, 1.54) is 11.6 Å². The lowest BCUT2D eigenvalue weighted by Gasteiger charge is -2.43. The second-order valence-electron chi connectivity index (χ2n) is 9.96. The zero-order chi connectivity index (χ0) is 30.9. The first-order valence-corrected chi connectivity index (χ1v) is 15.1. The molecule has 5 rings (SSSR count). The van der Waals surface area contributed by atoms with E-state index in [4.69, 9.17) is 16.3 Å². The number of carboxylic acids is 1. The fourth-order valence-corrected chi connectivity index (χ4v) is 5.82. The molecule has 9 N–H and O–H groups in total. The highest BCUT2D eigenvalue weighted by molar-refractivity contribution is 7.84. The molecule has 0 aromatic carbocycles. The maximum Gasteiger partial charge on any atom is 0.362 e. The lowest BCUT2D eigenvalue weighted by molar-refractivity contribution is -0.153. The molecule has 0 unspecified atom stereocenters. The Kier molecular flexibility index (Phi) is 8.18.